The first-order valence-electron chi connectivity index (χ1n) is 6.05. The van der Waals surface area contributed by atoms with Crippen LogP contribution < -0.4 is 5.73 Å². The van der Waals surface area contributed by atoms with Gasteiger partial charge in [-0.2, -0.15) is 0 Å². The second kappa shape index (κ2) is 4.36. The van der Waals surface area contributed by atoms with Crippen LogP contribution in [0.3, 0.4) is 0 Å². The first-order valence-corrected chi connectivity index (χ1v) is 6.05. The van der Waals surface area contributed by atoms with E-state index in [0.717, 1.165) is 13.0 Å². The molecular weight excluding hydrogens is 182 g/mol. The minimum Gasteiger partial charge on any atom is -0.330 e. The molecule has 1 aromatic rings. The summed E-state index contributed by atoms with van der Waals surface area (Å²) in [5.74, 6) is 0.627. The molecule has 0 bridgehead atoms. The van der Waals surface area contributed by atoms with E-state index in [9.17, 15) is 0 Å². The molecule has 0 aliphatic heterocycles. The summed E-state index contributed by atoms with van der Waals surface area (Å²) in [4.78, 5) is 0. The lowest BCUT2D eigenvalue weighted by Crippen LogP contribution is -2.07. The Kier molecular flexibility index (Phi) is 3.11. The number of aryl methyl sites for hydroxylation is 1. The normalized spacial score (nSPS) is 16.5. The summed E-state index contributed by atoms with van der Waals surface area (Å²) in [5.41, 5.74) is 11.9. The first-order chi connectivity index (χ1) is 7.24. The summed E-state index contributed by atoms with van der Waals surface area (Å²) in [6.45, 7) is 5.33. The zero-order chi connectivity index (χ0) is 10.8. The quantitative estimate of drug-likeness (QED) is 0.803. The molecule has 0 fully saturated rings. The smallest absolute Gasteiger partial charge is 0.00715 e. The van der Waals surface area contributed by atoms with Crippen LogP contribution in [0.15, 0.2) is 12.1 Å². The van der Waals surface area contributed by atoms with E-state index in [1.807, 2.05) is 0 Å². The second-order valence-electron chi connectivity index (χ2n) is 4.76. The summed E-state index contributed by atoms with van der Waals surface area (Å²) in [6, 6.07) is 4.60. The van der Waals surface area contributed by atoms with Gasteiger partial charge in [-0.05, 0) is 67.3 Å². The Morgan fingerprint density at radius 3 is 2.73 bits per heavy atom. The third-order valence-corrected chi connectivity index (χ3v) is 3.69. The minimum atomic E-state index is 0.627. The van der Waals surface area contributed by atoms with Crippen LogP contribution in [0.1, 0.15) is 47.9 Å². The fraction of sp³-hybridized carbons (Fsp3) is 0.571. The summed E-state index contributed by atoms with van der Waals surface area (Å²) < 4.78 is 0. The number of fused-ring (bicyclic) bond motifs is 1. The molecule has 1 unspecified atom stereocenters. The molecule has 0 amide bonds. The standard InChI is InChI=1S/C14H21N/c1-10-6-7-13(11(2)8-9-15)14-5-3-4-12(10)14/h6-7,11H,3-5,8-9,15H2,1-2H3. The number of nitrogens with two attached hydrogens (primary N) is 1. The number of hydrogen-bond acceptors (Lipinski definition) is 1. The van der Waals surface area contributed by atoms with E-state index in [4.69, 9.17) is 5.73 Å². The Morgan fingerprint density at radius 2 is 2.00 bits per heavy atom. The van der Waals surface area contributed by atoms with Crippen LogP contribution in [0.5, 0.6) is 0 Å². The molecular formula is C14H21N. The third-order valence-electron chi connectivity index (χ3n) is 3.69. The molecule has 0 radical (unpaired) electrons. The zero-order valence-electron chi connectivity index (χ0n) is 9.84. The highest BCUT2D eigenvalue weighted by Gasteiger charge is 2.19. The zero-order valence-corrected chi connectivity index (χ0v) is 9.84. The highest BCUT2D eigenvalue weighted by atomic mass is 14.5. The molecule has 1 atom stereocenters. The number of benzene rings is 1. The average molecular weight is 203 g/mol. The molecule has 1 nitrogen and oxygen atoms in total. The molecule has 0 spiro atoms. The molecule has 0 saturated carbocycles. The monoisotopic (exact) mass is 203 g/mol. The van der Waals surface area contributed by atoms with E-state index in [1.165, 1.54) is 24.8 Å². The molecule has 1 aliphatic carbocycles. The van der Waals surface area contributed by atoms with Gasteiger partial charge < -0.3 is 5.73 Å². The first kappa shape index (κ1) is 10.7. The van der Waals surface area contributed by atoms with Gasteiger partial charge in [-0.15, -0.1) is 0 Å². The van der Waals surface area contributed by atoms with Crippen molar-refractivity contribution in [1.29, 1.82) is 0 Å². The maximum absolute atomic E-state index is 5.64. The van der Waals surface area contributed by atoms with Crippen LogP contribution in [-0.4, -0.2) is 6.54 Å². The Labute approximate surface area is 92.7 Å². The summed E-state index contributed by atoms with van der Waals surface area (Å²) in [6.07, 6.45) is 5.00. The van der Waals surface area contributed by atoms with Crippen molar-refractivity contribution in [3.05, 3.63) is 34.4 Å². The van der Waals surface area contributed by atoms with Crippen LogP contribution in [0, 0.1) is 6.92 Å². The Bertz CT molecular complexity index is 355. The van der Waals surface area contributed by atoms with Crippen molar-refractivity contribution in [3.8, 4) is 0 Å². The molecule has 82 valence electrons. The number of rotatable bonds is 3. The fourth-order valence-electron chi connectivity index (χ4n) is 2.78. The molecule has 1 heteroatoms. The maximum atomic E-state index is 5.64. The van der Waals surface area contributed by atoms with Crippen molar-refractivity contribution in [3.63, 3.8) is 0 Å². The molecule has 0 heterocycles. The van der Waals surface area contributed by atoms with Crippen molar-refractivity contribution in [2.75, 3.05) is 6.54 Å². The van der Waals surface area contributed by atoms with E-state index in [1.54, 1.807) is 16.7 Å². The molecule has 0 aromatic heterocycles. The SMILES string of the molecule is Cc1ccc(C(C)CCN)c2c1CCC2. The highest BCUT2D eigenvalue weighted by molar-refractivity contribution is 5.44. The molecule has 1 aromatic carbocycles. The van der Waals surface area contributed by atoms with Crippen LogP contribution in [0.2, 0.25) is 0 Å². The highest BCUT2D eigenvalue weighted by Crippen LogP contribution is 2.33. The Balaban J connectivity index is 2.37. The summed E-state index contributed by atoms with van der Waals surface area (Å²) in [7, 11) is 0. The predicted octanol–water partition coefficient (Wildman–Crippen LogP) is 2.94. The van der Waals surface area contributed by atoms with Gasteiger partial charge >= 0.3 is 0 Å². The van der Waals surface area contributed by atoms with Crippen molar-refractivity contribution >= 4 is 0 Å². The summed E-state index contributed by atoms with van der Waals surface area (Å²) >= 11 is 0. The van der Waals surface area contributed by atoms with Crippen molar-refractivity contribution in [2.45, 2.75) is 45.4 Å². The minimum absolute atomic E-state index is 0.627. The van der Waals surface area contributed by atoms with Crippen LogP contribution in [0.4, 0.5) is 0 Å². The van der Waals surface area contributed by atoms with E-state index < -0.39 is 0 Å². The van der Waals surface area contributed by atoms with Gasteiger partial charge in [0.25, 0.3) is 0 Å². The molecule has 2 rings (SSSR count). The molecule has 15 heavy (non-hydrogen) atoms. The van der Waals surface area contributed by atoms with Gasteiger partial charge in [-0.1, -0.05) is 19.1 Å². The number of hydrogen-bond donors (Lipinski definition) is 1. The Hall–Kier alpha value is -0.820. The second-order valence-corrected chi connectivity index (χ2v) is 4.76. The largest absolute Gasteiger partial charge is 0.330 e. The maximum Gasteiger partial charge on any atom is -0.00715 e. The van der Waals surface area contributed by atoms with Crippen LogP contribution in [-0.2, 0) is 12.8 Å². The van der Waals surface area contributed by atoms with Crippen molar-refractivity contribution < 1.29 is 0 Å². The van der Waals surface area contributed by atoms with Gasteiger partial charge in [0.1, 0.15) is 0 Å². The topological polar surface area (TPSA) is 26.0 Å². The lowest BCUT2D eigenvalue weighted by Gasteiger charge is -2.16. The van der Waals surface area contributed by atoms with Gasteiger partial charge in [0.05, 0.1) is 0 Å². The van der Waals surface area contributed by atoms with Gasteiger partial charge in [0.2, 0.25) is 0 Å². The van der Waals surface area contributed by atoms with Crippen molar-refractivity contribution in [2.24, 2.45) is 5.73 Å². The Morgan fingerprint density at radius 1 is 1.27 bits per heavy atom. The third kappa shape index (κ3) is 1.93. The summed E-state index contributed by atoms with van der Waals surface area (Å²) in [5, 5.41) is 0. The van der Waals surface area contributed by atoms with Gasteiger partial charge in [-0.3, -0.25) is 0 Å². The average Bonchev–Trinajstić information content (AvgIpc) is 2.68. The van der Waals surface area contributed by atoms with E-state index in [-0.39, 0.29) is 0 Å². The lowest BCUT2D eigenvalue weighted by molar-refractivity contribution is 0.683. The van der Waals surface area contributed by atoms with E-state index in [2.05, 4.69) is 26.0 Å². The molecule has 1 aliphatic rings. The fourth-order valence-corrected chi connectivity index (χ4v) is 2.78. The predicted molar refractivity (Wildman–Crippen MR) is 65.3 cm³/mol. The van der Waals surface area contributed by atoms with E-state index in [0.29, 0.717) is 5.92 Å². The lowest BCUT2D eigenvalue weighted by atomic mass is 9.89. The van der Waals surface area contributed by atoms with E-state index >= 15 is 0 Å². The molecule has 0 saturated heterocycles. The van der Waals surface area contributed by atoms with Gasteiger partial charge in [0.15, 0.2) is 0 Å². The molecule has 2 N–H and O–H groups in total. The van der Waals surface area contributed by atoms with Crippen molar-refractivity contribution in [1.82, 2.24) is 0 Å². The van der Waals surface area contributed by atoms with Crippen LogP contribution in [0.25, 0.3) is 0 Å². The van der Waals surface area contributed by atoms with Crippen LogP contribution >= 0.6 is 0 Å². The van der Waals surface area contributed by atoms with Gasteiger partial charge in [0, 0.05) is 0 Å². The van der Waals surface area contributed by atoms with Gasteiger partial charge in [-0.25, -0.2) is 0 Å².